The van der Waals surface area contributed by atoms with E-state index in [0.29, 0.717) is 5.95 Å². The van der Waals surface area contributed by atoms with Crippen LogP contribution in [0, 0.1) is 0 Å². The maximum atomic E-state index is 5.73. The topological polar surface area (TPSA) is 59.1 Å². The molecule has 5 nitrogen and oxygen atoms in total. The standard InChI is InChI=1S/C14H15BrN4O/c15-12-9-17-14-18-10-4-3-5-11(8-10)20-7-2-1-6-16-13(12)19-14/h3-5,8-9H,1-2,6-7H2,(H2,16,17,18,19). The minimum atomic E-state index is 0.562. The van der Waals surface area contributed by atoms with Gasteiger partial charge in [0.25, 0.3) is 0 Å². The lowest BCUT2D eigenvalue weighted by atomic mass is 10.3. The van der Waals surface area contributed by atoms with Crippen LogP contribution in [-0.2, 0) is 0 Å². The normalized spacial score (nSPS) is 14.7. The van der Waals surface area contributed by atoms with Gasteiger partial charge >= 0.3 is 0 Å². The first-order valence-electron chi connectivity index (χ1n) is 6.57. The predicted molar refractivity (Wildman–Crippen MR) is 82.7 cm³/mol. The van der Waals surface area contributed by atoms with Crippen LogP contribution in [0.25, 0.3) is 0 Å². The second kappa shape index (κ2) is 6.09. The Labute approximate surface area is 125 Å². The third-order valence-corrected chi connectivity index (χ3v) is 3.55. The van der Waals surface area contributed by atoms with E-state index in [1.54, 1.807) is 6.20 Å². The monoisotopic (exact) mass is 334 g/mol. The fraction of sp³-hybridized carbons (Fsp3) is 0.286. The first-order chi connectivity index (χ1) is 9.81. The Hall–Kier alpha value is -1.82. The van der Waals surface area contributed by atoms with Gasteiger partial charge in [0.05, 0.1) is 11.1 Å². The summed E-state index contributed by atoms with van der Waals surface area (Å²) in [6, 6.07) is 7.83. The summed E-state index contributed by atoms with van der Waals surface area (Å²) in [6.45, 7) is 1.57. The molecule has 0 aliphatic carbocycles. The summed E-state index contributed by atoms with van der Waals surface area (Å²) >= 11 is 3.46. The molecule has 20 heavy (non-hydrogen) atoms. The van der Waals surface area contributed by atoms with Gasteiger partial charge in [-0.25, -0.2) is 4.98 Å². The summed E-state index contributed by atoms with van der Waals surface area (Å²) in [5, 5.41) is 6.49. The van der Waals surface area contributed by atoms with E-state index in [-0.39, 0.29) is 0 Å². The van der Waals surface area contributed by atoms with Crippen molar-refractivity contribution in [3.8, 4) is 5.75 Å². The number of benzene rings is 1. The van der Waals surface area contributed by atoms with Crippen molar-refractivity contribution in [2.45, 2.75) is 12.8 Å². The van der Waals surface area contributed by atoms with Crippen LogP contribution in [0.1, 0.15) is 12.8 Å². The van der Waals surface area contributed by atoms with Crippen LogP contribution in [0.4, 0.5) is 17.5 Å². The lowest BCUT2D eigenvalue weighted by Gasteiger charge is -2.09. The third-order valence-electron chi connectivity index (χ3n) is 2.97. The fourth-order valence-electron chi connectivity index (χ4n) is 1.97. The van der Waals surface area contributed by atoms with Crippen LogP contribution in [0.2, 0.25) is 0 Å². The van der Waals surface area contributed by atoms with E-state index >= 15 is 0 Å². The number of anilines is 3. The molecule has 6 heteroatoms. The molecule has 4 bridgehead atoms. The Kier molecular flexibility index (Phi) is 4.01. The lowest BCUT2D eigenvalue weighted by molar-refractivity contribution is 0.308. The average Bonchev–Trinajstić information content (AvgIpc) is 2.46. The molecule has 104 valence electrons. The predicted octanol–water partition coefficient (Wildman–Crippen LogP) is 3.57. The maximum Gasteiger partial charge on any atom is 0.229 e. The zero-order chi connectivity index (χ0) is 13.8. The Morgan fingerprint density at radius 1 is 1.25 bits per heavy atom. The van der Waals surface area contributed by atoms with Crippen LogP contribution in [0.5, 0.6) is 5.75 Å². The van der Waals surface area contributed by atoms with Crippen molar-refractivity contribution in [2.24, 2.45) is 0 Å². The Morgan fingerprint density at radius 2 is 2.20 bits per heavy atom. The van der Waals surface area contributed by atoms with E-state index < -0.39 is 0 Å². The molecule has 1 aromatic carbocycles. The Morgan fingerprint density at radius 3 is 3.15 bits per heavy atom. The van der Waals surface area contributed by atoms with Gasteiger partial charge in [0.15, 0.2) is 0 Å². The van der Waals surface area contributed by atoms with Crippen molar-refractivity contribution in [2.75, 3.05) is 23.8 Å². The summed E-state index contributed by atoms with van der Waals surface area (Å²) in [5.74, 6) is 2.23. The first kappa shape index (κ1) is 13.2. The molecule has 0 amide bonds. The van der Waals surface area contributed by atoms with Crippen LogP contribution >= 0.6 is 15.9 Å². The number of hydrogen-bond donors (Lipinski definition) is 2. The minimum Gasteiger partial charge on any atom is -0.494 e. The van der Waals surface area contributed by atoms with E-state index in [1.807, 2.05) is 24.3 Å². The van der Waals surface area contributed by atoms with Gasteiger partial charge in [-0.15, -0.1) is 0 Å². The van der Waals surface area contributed by atoms with Gasteiger partial charge in [0, 0.05) is 24.5 Å². The smallest absolute Gasteiger partial charge is 0.229 e. The zero-order valence-corrected chi connectivity index (χ0v) is 12.5. The molecular weight excluding hydrogens is 320 g/mol. The molecule has 1 aliphatic heterocycles. The largest absolute Gasteiger partial charge is 0.494 e. The van der Waals surface area contributed by atoms with Gasteiger partial charge in [0.2, 0.25) is 5.95 Å². The highest BCUT2D eigenvalue weighted by Gasteiger charge is 2.07. The van der Waals surface area contributed by atoms with Crippen LogP contribution in [0.15, 0.2) is 34.9 Å². The van der Waals surface area contributed by atoms with Crippen molar-refractivity contribution in [1.82, 2.24) is 9.97 Å². The molecule has 1 aliphatic rings. The number of nitrogens with zero attached hydrogens (tertiary/aromatic N) is 2. The van der Waals surface area contributed by atoms with Gasteiger partial charge in [-0.05, 0) is 40.9 Å². The summed E-state index contributed by atoms with van der Waals surface area (Å²) < 4.78 is 6.59. The van der Waals surface area contributed by atoms with Gasteiger partial charge in [-0.3, -0.25) is 0 Å². The summed E-state index contributed by atoms with van der Waals surface area (Å²) in [7, 11) is 0. The van der Waals surface area contributed by atoms with Crippen molar-refractivity contribution in [3.05, 3.63) is 34.9 Å². The second-order valence-electron chi connectivity index (χ2n) is 4.53. The van der Waals surface area contributed by atoms with E-state index in [2.05, 4.69) is 36.5 Å². The number of fused-ring (bicyclic) bond motifs is 4. The van der Waals surface area contributed by atoms with Gasteiger partial charge in [0.1, 0.15) is 11.6 Å². The Bertz CT molecular complexity index is 605. The quantitative estimate of drug-likeness (QED) is 0.771. The van der Waals surface area contributed by atoms with E-state index in [0.717, 1.165) is 47.7 Å². The molecule has 0 spiro atoms. The lowest BCUT2D eigenvalue weighted by Crippen LogP contribution is -2.07. The molecule has 0 fully saturated rings. The molecule has 0 atom stereocenters. The molecule has 0 radical (unpaired) electrons. The van der Waals surface area contributed by atoms with Gasteiger partial charge in [-0.1, -0.05) is 6.07 Å². The average molecular weight is 335 g/mol. The number of rotatable bonds is 0. The maximum absolute atomic E-state index is 5.73. The minimum absolute atomic E-state index is 0.562. The number of ether oxygens (including phenoxy) is 1. The van der Waals surface area contributed by atoms with Gasteiger partial charge in [-0.2, -0.15) is 4.98 Å². The molecule has 3 rings (SSSR count). The molecular formula is C14H15BrN4O. The van der Waals surface area contributed by atoms with Crippen molar-refractivity contribution in [1.29, 1.82) is 0 Å². The van der Waals surface area contributed by atoms with Crippen LogP contribution < -0.4 is 15.4 Å². The van der Waals surface area contributed by atoms with Crippen LogP contribution in [0.3, 0.4) is 0 Å². The number of halogens is 1. The van der Waals surface area contributed by atoms with Crippen molar-refractivity contribution in [3.63, 3.8) is 0 Å². The highest BCUT2D eigenvalue weighted by atomic mass is 79.9. The molecule has 0 saturated heterocycles. The van der Waals surface area contributed by atoms with E-state index in [4.69, 9.17) is 4.74 Å². The SMILES string of the molecule is Brc1cnc2nc1NCCCCOc1cccc(c1)N2. The third kappa shape index (κ3) is 3.19. The number of hydrogen-bond acceptors (Lipinski definition) is 5. The molecule has 2 heterocycles. The summed E-state index contributed by atoms with van der Waals surface area (Å²) in [4.78, 5) is 8.73. The van der Waals surface area contributed by atoms with Crippen molar-refractivity contribution >= 4 is 33.4 Å². The van der Waals surface area contributed by atoms with E-state index in [9.17, 15) is 0 Å². The van der Waals surface area contributed by atoms with Crippen molar-refractivity contribution < 1.29 is 4.74 Å². The zero-order valence-electron chi connectivity index (χ0n) is 10.9. The molecule has 1 aromatic heterocycles. The summed E-state index contributed by atoms with van der Waals surface area (Å²) in [6.07, 6.45) is 3.77. The molecule has 2 N–H and O–H groups in total. The van der Waals surface area contributed by atoms with E-state index in [1.165, 1.54) is 0 Å². The molecule has 0 saturated carbocycles. The number of nitrogens with one attached hydrogen (secondary N) is 2. The first-order valence-corrected chi connectivity index (χ1v) is 7.37. The second-order valence-corrected chi connectivity index (χ2v) is 5.38. The molecule has 2 aromatic rings. The number of aromatic nitrogens is 2. The van der Waals surface area contributed by atoms with Crippen LogP contribution in [-0.4, -0.2) is 23.1 Å². The Balaban J connectivity index is 1.93. The highest BCUT2D eigenvalue weighted by molar-refractivity contribution is 9.10. The van der Waals surface area contributed by atoms with Gasteiger partial charge < -0.3 is 15.4 Å². The summed E-state index contributed by atoms with van der Waals surface area (Å²) in [5.41, 5.74) is 0.912. The highest BCUT2D eigenvalue weighted by Crippen LogP contribution is 2.24. The molecule has 0 unspecified atom stereocenters. The fourth-order valence-corrected chi connectivity index (χ4v) is 2.30.